The summed E-state index contributed by atoms with van der Waals surface area (Å²) < 4.78 is 49.5. The van der Waals surface area contributed by atoms with E-state index in [9.17, 15) is 18.0 Å². The van der Waals surface area contributed by atoms with E-state index in [4.69, 9.17) is 9.47 Å². The van der Waals surface area contributed by atoms with Crippen molar-refractivity contribution in [3.8, 4) is 0 Å². The van der Waals surface area contributed by atoms with Crippen LogP contribution in [0.1, 0.15) is 59.3 Å². The molecule has 1 saturated heterocycles. The Labute approximate surface area is 188 Å². The van der Waals surface area contributed by atoms with Crippen molar-refractivity contribution in [1.29, 1.82) is 0 Å². The number of nitrogens with zero attached hydrogens (tertiary/aromatic N) is 1. The van der Waals surface area contributed by atoms with Gasteiger partial charge in [0.05, 0.1) is 18.8 Å². The van der Waals surface area contributed by atoms with Crippen LogP contribution in [0.2, 0.25) is 0 Å². The molecule has 1 aliphatic rings. The van der Waals surface area contributed by atoms with Crippen LogP contribution in [0.5, 0.6) is 0 Å². The van der Waals surface area contributed by atoms with E-state index in [1.807, 2.05) is 0 Å². The Morgan fingerprint density at radius 2 is 1.94 bits per heavy atom. The van der Waals surface area contributed by atoms with Crippen LogP contribution in [0.15, 0.2) is 41.0 Å². The van der Waals surface area contributed by atoms with Gasteiger partial charge < -0.3 is 9.47 Å². The first-order valence-corrected chi connectivity index (χ1v) is 11.1. The molecule has 2 heterocycles. The maximum absolute atomic E-state index is 12.7. The average Bonchev–Trinajstić information content (AvgIpc) is 2.75. The normalized spacial score (nSPS) is 15.2. The Morgan fingerprint density at radius 1 is 1.16 bits per heavy atom. The molecule has 1 aromatic carbocycles. The maximum atomic E-state index is 12.7. The number of benzene rings is 1. The lowest BCUT2D eigenvalue weighted by Gasteiger charge is -2.21. The minimum atomic E-state index is -4.38. The second-order valence-corrected chi connectivity index (χ2v) is 8.57. The fourth-order valence-electron chi connectivity index (χ4n) is 3.51. The van der Waals surface area contributed by atoms with Gasteiger partial charge in [0.2, 0.25) is 0 Å². The molecule has 0 aliphatic carbocycles. The lowest BCUT2D eigenvalue weighted by Crippen LogP contribution is -2.15. The Kier molecular flexibility index (Phi) is 8.63. The summed E-state index contributed by atoms with van der Waals surface area (Å²) in [5.74, 6) is 0.687. The van der Waals surface area contributed by atoms with Crippen molar-refractivity contribution in [2.45, 2.75) is 51.5 Å². The minimum Gasteiger partial charge on any atom is -0.381 e. The van der Waals surface area contributed by atoms with Crippen LogP contribution >= 0.6 is 15.9 Å². The zero-order valence-electron chi connectivity index (χ0n) is 17.1. The molecule has 0 bridgehead atoms. The van der Waals surface area contributed by atoms with E-state index >= 15 is 0 Å². The molecule has 0 N–H and O–H groups in total. The van der Waals surface area contributed by atoms with Gasteiger partial charge in [-0.05, 0) is 60.9 Å². The van der Waals surface area contributed by atoms with E-state index in [1.54, 1.807) is 18.3 Å². The Hall–Kier alpha value is -1.77. The van der Waals surface area contributed by atoms with Crippen molar-refractivity contribution < 1.29 is 27.4 Å². The summed E-state index contributed by atoms with van der Waals surface area (Å²) in [5, 5.41) is 0. The van der Waals surface area contributed by atoms with E-state index in [1.165, 1.54) is 6.07 Å². The van der Waals surface area contributed by atoms with E-state index in [2.05, 4.69) is 20.9 Å². The molecule has 0 spiro atoms. The lowest BCUT2D eigenvalue weighted by atomic mass is 9.93. The molecule has 0 amide bonds. The van der Waals surface area contributed by atoms with Crippen molar-refractivity contribution in [2.24, 2.45) is 5.92 Å². The van der Waals surface area contributed by atoms with Crippen molar-refractivity contribution in [1.82, 2.24) is 4.98 Å². The predicted molar refractivity (Wildman–Crippen MR) is 114 cm³/mol. The zero-order chi connectivity index (χ0) is 22.3. The smallest absolute Gasteiger partial charge is 0.381 e. The van der Waals surface area contributed by atoms with Crippen molar-refractivity contribution in [2.75, 3.05) is 13.2 Å². The summed E-state index contributed by atoms with van der Waals surface area (Å²) in [7, 11) is 0. The zero-order valence-corrected chi connectivity index (χ0v) is 18.7. The molecule has 168 valence electrons. The topological polar surface area (TPSA) is 48.4 Å². The summed E-state index contributed by atoms with van der Waals surface area (Å²) >= 11 is 3.16. The predicted octanol–water partition coefficient (Wildman–Crippen LogP) is 6.36. The number of hydrogen-bond donors (Lipinski definition) is 0. The number of carbonyl (C=O) groups excluding carboxylic acids is 1. The highest BCUT2D eigenvalue weighted by Gasteiger charge is 2.30. The van der Waals surface area contributed by atoms with Gasteiger partial charge in [-0.15, -0.1) is 0 Å². The van der Waals surface area contributed by atoms with E-state index in [0.717, 1.165) is 56.6 Å². The number of halogens is 4. The fraction of sp³-hybridized carbons (Fsp3) is 0.478. The third-order valence-corrected chi connectivity index (χ3v) is 6.11. The molecule has 1 aliphatic heterocycles. The molecule has 3 rings (SSSR count). The highest BCUT2D eigenvalue weighted by atomic mass is 79.9. The SMILES string of the molecule is O=C(CCCC1CCOCC1)c1ccc(COCc2ccc(C(F)(F)F)cc2Br)cn1. The van der Waals surface area contributed by atoms with Crippen molar-refractivity contribution >= 4 is 21.7 Å². The first-order chi connectivity index (χ1) is 14.8. The number of ketones is 1. The summed E-state index contributed by atoms with van der Waals surface area (Å²) in [6.45, 7) is 2.04. The second kappa shape index (κ2) is 11.2. The molecule has 1 fully saturated rings. The largest absolute Gasteiger partial charge is 0.416 e. The third-order valence-electron chi connectivity index (χ3n) is 5.37. The van der Waals surface area contributed by atoms with Crippen LogP contribution in [-0.4, -0.2) is 24.0 Å². The number of alkyl halides is 3. The van der Waals surface area contributed by atoms with E-state index in [-0.39, 0.29) is 19.0 Å². The standard InChI is InChI=1S/C23H25BrF3NO3/c24-20-12-19(23(25,26)27)6-5-18(20)15-31-14-17-4-7-21(28-13-17)22(29)3-1-2-16-8-10-30-11-9-16/h4-7,12-13,16H,1-3,8-11,14-15H2. The molecule has 4 nitrogen and oxygen atoms in total. The average molecular weight is 500 g/mol. The van der Waals surface area contributed by atoms with Gasteiger partial charge in [0.25, 0.3) is 0 Å². The summed E-state index contributed by atoms with van der Waals surface area (Å²) in [6, 6.07) is 6.97. The molecule has 31 heavy (non-hydrogen) atoms. The first kappa shape index (κ1) is 23.9. The van der Waals surface area contributed by atoms with Gasteiger partial charge in [-0.2, -0.15) is 13.2 Å². The van der Waals surface area contributed by atoms with Gasteiger partial charge in [0, 0.05) is 30.3 Å². The molecule has 0 saturated carbocycles. The van der Waals surface area contributed by atoms with Crippen molar-refractivity contribution in [3.63, 3.8) is 0 Å². The van der Waals surface area contributed by atoms with Crippen LogP contribution < -0.4 is 0 Å². The number of carbonyl (C=O) groups is 1. The van der Waals surface area contributed by atoms with Crippen LogP contribution in [0, 0.1) is 5.92 Å². The molecule has 1 aromatic heterocycles. The number of ether oxygens (including phenoxy) is 2. The highest BCUT2D eigenvalue weighted by Crippen LogP contribution is 2.32. The monoisotopic (exact) mass is 499 g/mol. The van der Waals surface area contributed by atoms with Gasteiger partial charge in [0.1, 0.15) is 5.69 Å². The Balaban J connectivity index is 1.42. The Morgan fingerprint density at radius 3 is 2.58 bits per heavy atom. The van der Waals surface area contributed by atoms with Gasteiger partial charge in [-0.3, -0.25) is 9.78 Å². The van der Waals surface area contributed by atoms with Gasteiger partial charge in [-0.1, -0.05) is 28.1 Å². The van der Waals surface area contributed by atoms with Gasteiger partial charge in [0.15, 0.2) is 5.78 Å². The highest BCUT2D eigenvalue weighted by molar-refractivity contribution is 9.10. The lowest BCUT2D eigenvalue weighted by molar-refractivity contribution is -0.137. The molecule has 0 radical (unpaired) electrons. The van der Waals surface area contributed by atoms with Gasteiger partial charge >= 0.3 is 6.18 Å². The number of hydrogen-bond acceptors (Lipinski definition) is 4. The van der Waals surface area contributed by atoms with E-state index in [0.29, 0.717) is 28.1 Å². The van der Waals surface area contributed by atoms with Crippen LogP contribution in [0.4, 0.5) is 13.2 Å². The quantitative estimate of drug-likeness (QED) is 0.376. The maximum Gasteiger partial charge on any atom is 0.416 e. The number of aromatic nitrogens is 1. The minimum absolute atomic E-state index is 0.0354. The summed E-state index contributed by atoms with van der Waals surface area (Å²) in [5.41, 5.74) is 1.15. The third kappa shape index (κ3) is 7.40. The van der Waals surface area contributed by atoms with Crippen LogP contribution in [-0.2, 0) is 28.9 Å². The molecular weight excluding hydrogens is 475 g/mol. The van der Waals surface area contributed by atoms with Gasteiger partial charge in [-0.25, -0.2) is 0 Å². The van der Waals surface area contributed by atoms with E-state index < -0.39 is 11.7 Å². The van der Waals surface area contributed by atoms with Crippen LogP contribution in [0.3, 0.4) is 0 Å². The summed E-state index contributed by atoms with van der Waals surface area (Å²) in [6.07, 6.45) is 1.76. The number of pyridine rings is 1. The molecule has 8 heteroatoms. The molecule has 0 unspecified atom stereocenters. The first-order valence-electron chi connectivity index (χ1n) is 10.3. The van der Waals surface area contributed by atoms with Crippen molar-refractivity contribution in [3.05, 3.63) is 63.4 Å². The van der Waals surface area contributed by atoms with Crippen LogP contribution in [0.25, 0.3) is 0 Å². The second-order valence-electron chi connectivity index (χ2n) is 7.72. The molecule has 0 atom stereocenters. The fourth-order valence-corrected chi connectivity index (χ4v) is 4.00. The Bertz CT molecular complexity index is 865. The summed E-state index contributed by atoms with van der Waals surface area (Å²) in [4.78, 5) is 16.6. The number of rotatable bonds is 9. The number of Topliss-reactive ketones (excluding diaryl/α,β-unsaturated/α-hetero) is 1. The molecule has 2 aromatic rings. The molecular formula is C23H25BrF3NO3.